The normalized spacial score (nSPS) is 10.3. The fourth-order valence-electron chi connectivity index (χ4n) is 1.06. The average molecular weight is 242 g/mol. The second-order valence-electron chi connectivity index (χ2n) is 2.81. The SMILES string of the molecule is Clc1cccc(OCn2cc[c]n2)c1Cl. The summed E-state index contributed by atoms with van der Waals surface area (Å²) in [6.07, 6.45) is 4.41. The largest absolute Gasteiger partial charge is 0.470 e. The second kappa shape index (κ2) is 4.55. The van der Waals surface area contributed by atoms with E-state index in [-0.39, 0.29) is 6.73 Å². The number of rotatable bonds is 3. The number of aromatic nitrogens is 2. The summed E-state index contributed by atoms with van der Waals surface area (Å²) in [6.45, 7) is 0.281. The molecule has 0 saturated heterocycles. The average Bonchev–Trinajstić information content (AvgIpc) is 2.73. The molecule has 0 aliphatic carbocycles. The Kier molecular flexibility index (Phi) is 3.14. The van der Waals surface area contributed by atoms with Gasteiger partial charge in [0.2, 0.25) is 0 Å². The van der Waals surface area contributed by atoms with Crippen LogP contribution in [0.4, 0.5) is 0 Å². The summed E-state index contributed by atoms with van der Waals surface area (Å²) >= 11 is 11.8. The van der Waals surface area contributed by atoms with Crippen LogP contribution in [0.3, 0.4) is 0 Å². The van der Waals surface area contributed by atoms with Gasteiger partial charge in [-0.1, -0.05) is 29.3 Å². The zero-order valence-electron chi connectivity index (χ0n) is 7.65. The molecule has 0 spiro atoms. The van der Waals surface area contributed by atoms with E-state index < -0.39 is 0 Å². The zero-order valence-corrected chi connectivity index (χ0v) is 9.16. The molecule has 2 rings (SSSR count). The van der Waals surface area contributed by atoms with E-state index in [9.17, 15) is 0 Å². The summed E-state index contributed by atoms with van der Waals surface area (Å²) in [4.78, 5) is 0. The molecule has 1 heterocycles. The van der Waals surface area contributed by atoms with E-state index in [0.717, 1.165) is 0 Å². The van der Waals surface area contributed by atoms with Crippen molar-refractivity contribution in [2.45, 2.75) is 6.73 Å². The Balaban J connectivity index is 2.08. The van der Waals surface area contributed by atoms with Crippen LogP contribution < -0.4 is 4.74 Å². The van der Waals surface area contributed by atoms with Gasteiger partial charge in [0.15, 0.2) is 6.73 Å². The molecule has 5 heteroatoms. The first kappa shape index (κ1) is 10.3. The second-order valence-corrected chi connectivity index (χ2v) is 3.59. The summed E-state index contributed by atoms with van der Waals surface area (Å²) < 4.78 is 7.02. The van der Waals surface area contributed by atoms with Crippen molar-refractivity contribution in [1.29, 1.82) is 0 Å². The van der Waals surface area contributed by atoms with Gasteiger partial charge in [-0.25, -0.2) is 4.68 Å². The van der Waals surface area contributed by atoms with Crippen molar-refractivity contribution in [2.24, 2.45) is 0 Å². The van der Waals surface area contributed by atoms with E-state index in [4.69, 9.17) is 27.9 Å². The van der Waals surface area contributed by atoms with E-state index in [1.165, 1.54) is 0 Å². The van der Waals surface area contributed by atoms with E-state index in [2.05, 4.69) is 11.3 Å². The van der Waals surface area contributed by atoms with Gasteiger partial charge < -0.3 is 4.74 Å². The first-order chi connectivity index (χ1) is 7.27. The van der Waals surface area contributed by atoms with Crippen LogP contribution in [0.15, 0.2) is 30.5 Å². The lowest BCUT2D eigenvalue weighted by atomic mass is 10.3. The Bertz CT molecular complexity index is 443. The summed E-state index contributed by atoms with van der Waals surface area (Å²) in [6, 6.07) is 6.93. The molecule has 0 fully saturated rings. The van der Waals surface area contributed by atoms with Gasteiger partial charge in [0.25, 0.3) is 0 Å². The lowest BCUT2D eigenvalue weighted by Gasteiger charge is -2.08. The van der Waals surface area contributed by atoms with Gasteiger partial charge >= 0.3 is 0 Å². The number of hydrogen-bond acceptors (Lipinski definition) is 2. The van der Waals surface area contributed by atoms with Crippen molar-refractivity contribution >= 4 is 23.2 Å². The smallest absolute Gasteiger partial charge is 0.180 e. The Morgan fingerprint density at radius 2 is 2.27 bits per heavy atom. The molecule has 0 aliphatic rings. The van der Waals surface area contributed by atoms with Crippen molar-refractivity contribution in [3.63, 3.8) is 0 Å². The zero-order chi connectivity index (χ0) is 10.7. The highest BCUT2D eigenvalue weighted by molar-refractivity contribution is 6.42. The number of halogens is 2. The van der Waals surface area contributed by atoms with Crippen molar-refractivity contribution in [2.75, 3.05) is 0 Å². The molecule has 77 valence electrons. The van der Waals surface area contributed by atoms with Crippen LogP contribution in [-0.4, -0.2) is 9.78 Å². The van der Waals surface area contributed by atoms with Gasteiger partial charge in [0, 0.05) is 6.20 Å². The third-order valence-corrected chi connectivity index (χ3v) is 2.58. The minimum atomic E-state index is 0.281. The molecular weight excluding hydrogens is 235 g/mol. The minimum absolute atomic E-state index is 0.281. The summed E-state index contributed by atoms with van der Waals surface area (Å²) in [5, 5.41) is 4.76. The number of nitrogens with zero attached hydrogens (tertiary/aromatic N) is 2. The van der Waals surface area contributed by atoms with Gasteiger partial charge in [-0.05, 0) is 18.2 Å². The molecule has 0 unspecified atom stereocenters. The Morgan fingerprint density at radius 3 is 3.00 bits per heavy atom. The molecule has 0 atom stereocenters. The van der Waals surface area contributed by atoms with Crippen LogP contribution in [0.1, 0.15) is 0 Å². The number of hydrogen-bond donors (Lipinski definition) is 0. The molecule has 2 aromatic rings. The molecule has 1 radical (unpaired) electrons. The molecule has 0 amide bonds. The van der Waals surface area contributed by atoms with Crippen LogP contribution in [0, 0.1) is 6.20 Å². The highest BCUT2D eigenvalue weighted by atomic mass is 35.5. The maximum atomic E-state index is 5.94. The Labute approximate surface area is 97.2 Å². The van der Waals surface area contributed by atoms with Crippen LogP contribution in [-0.2, 0) is 6.73 Å². The van der Waals surface area contributed by atoms with E-state index >= 15 is 0 Å². The first-order valence-corrected chi connectivity index (χ1v) is 4.99. The third-order valence-electron chi connectivity index (χ3n) is 1.78. The molecule has 0 bridgehead atoms. The van der Waals surface area contributed by atoms with Gasteiger partial charge in [0.1, 0.15) is 17.0 Å². The lowest BCUT2D eigenvalue weighted by molar-refractivity contribution is 0.221. The number of ether oxygens (including phenoxy) is 1. The predicted octanol–water partition coefficient (Wildman–Crippen LogP) is 3.03. The van der Waals surface area contributed by atoms with Crippen molar-refractivity contribution in [1.82, 2.24) is 9.78 Å². The predicted molar refractivity (Wildman–Crippen MR) is 58.2 cm³/mol. The van der Waals surface area contributed by atoms with Crippen molar-refractivity contribution in [3.8, 4) is 5.75 Å². The van der Waals surface area contributed by atoms with Crippen molar-refractivity contribution in [3.05, 3.63) is 46.7 Å². The minimum Gasteiger partial charge on any atom is -0.470 e. The maximum absolute atomic E-state index is 5.94. The summed E-state index contributed by atoms with van der Waals surface area (Å²) in [7, 11) is 0. The molecule has 3 nitrogen and oxygen atoms in total. The Morgan fingerprint density at radius 1 is 1.40 bits per heavy atom. The highest BCUT2D eigenvalue weighted by Crippen LogP contribution is 2.31. The van der Waals surface area contributed by atoms with Gasteiger partial charge in [-0.3, -0.25) is 0 Å². The fraction of sp³-hybridized carbons (Fsp3) is 0.100. The number of benzene rings is 1. The molecule has 1 aromatic carbocycles. The van der Waals surface area contributed by atoms with Gasteiger partial charge in [0.05, 0.1) is 5.02 Å². The molecule has 0 N–H and O–H groups in total. The molecule has 0 saturated carbocycles. The quantitative estimate of drug-likeness (QED) is 0.827. The van der Waals surface area contributed by atoms with Gasteiger partial charge in [-0.2, -0.15) is 5.10 Å². The molecule has 15 heavy (non-hydrogen) atoms. The Hall–Kier alpha value is -1.19. The van der Waals surface area contributed by atoms with E-state index in [0.29, 0.717) is 15.8 Å². The van der Waals surface area contributed by atoms with Crippen LogP contribution >= 0.6 is 23.2 Å². The summed E-state index contributed by atoms with van der Waals surface area (Å²) in [5.74, 6) is 0.541. The van der Waals surface area contributed by atoms with E-state index in [1.807, 2.05) is 0 Å². The monoisotopic (exact) mass is 241 g/mol. The summed E-state index contributed by atoms with van der Waals surface area (Å²) in [5.41, 5.74) is 0. The van der Waals surface area contributed by atoms with Crippen molar-refractivity contribution < 1.29 is 4.74 Å². The fourth-order valence-corrected chi connectivity index (χ4v) is 1.41. The van der Waals surface area contributed by atoms with Crippen LogP contribution in [0.25, 0.3) is 0 Å². The van der Waals surface area contributed by atoms with Gasteiger partial charge in [-0.15, -0.1) is 0 Å². The molecular formula is C10H7Cl2N2O. The third kappa shape index (κ3) is 2.43. The van der Waals surface area contributed by atoms with E-state index in [1.54, 1.807) is 35.1 Å². The topological polar surface area (TPSA) is 27.1 Å². The van der Waals surface area contributed by atoms with Crippen LogP contribution in [0.2, 0.25) is 10.0 Å². The maximum Gasteiger partial charge on any atom is 0.180 e. The van der Waals surface area contributed by atoms with Crippen LogP contribution in [0.5, 0.6) is 5.75 Å². The highest BCUT2D eigenvalue weighted by Gasteiger charge is 2.04. The lowest BCUT2D eigenvalue weighted by Crippen LogP contribution is -2.05. The molecule has 1 aromatic heterocycles. The standard InChI is InChI=1S/C10H7Cl2N2O/c11-8-3-1-4-9(10(8)12)15-7-14-6-2-5-13-14/h1-4,6H,7H2. The first-order valence-electron chi connectivity index (χ1n) is 4.23. The molecule has 0 aliphatic heterocycles.